The predicted molar refractivity (Wildman–Crippen MR) is 86.9 cm³/mol. The summed E-state index contributed by atoms with van der Waals surface area (Å²) in [6.07, 6.45) is 1.94. The van der Waals surface area contributed by atoms with Crippen LogP contribution in [0.4, 0.5) is 0 Å². The van der Waals surface area contributed by atoms with Crippen LogP contribution in [0.5, 0.6) is 11.6 Å². The third-order valence-corrected chi connectivity index (χ3v) is 4.60. The minimum atomic E-state index is 0.236. The summed E-state index contributed by atoms with van der Waals surface area (Å²) in [5, 5.41) is 15.6. The summed E-state index contributed by atoms with van der Waals surface area (Å²) in [7, 11) is 1.62. The first-order chi connectivity index (χ1) is 10.3. The van der Waals surface area contributed by atoms with E-state index < -0.39 is 0 Å². The van der Waals surface area contributed by atoms with E-state index in [-0.39, 0.29) is 5.88 Å². The summed E-state index contributed by atoms with van der Waals surface area (Å²) in [6.45, 7) is 0. The Labute approximate surface area is 125 Å². The Morgan fingerprint density at radius 3 is 2.76 bits per heavy atom. The molecule has 0 spiro atoms. The molecule has 0 fully saturated rings. The molecule has 0 aliphatic rings. The van der Waals surface area contributed by atoms with Crippen molar-refractivity contribution in [3.63, 3.8) is 0 Å². The number of hydrogen-bond donors (Lipinski definition) is 1. The Hall–Kier alpha value is -2.46. The number of thiophene rings is 1. The van der Waals surface area contributed by atoms with Gasteiger partial charge in [0.15, 0.2) is 0 Å². The molecule has 0 radical (unpaired) electrons. The van der Waals surface area contributed by atoms with Gasteiger partial charge in [0.25, 0.3) is 0 Å². The lowest BCUT2D eigenvalue weighted by atomic mass is 10.2. The molecule has 104 valence electrons. The normalized spacial score (nSPS) is 11.3. The zero-order valence-corrected chi connectivity index (χ0v) is 12.2. The highest BCUT2D eigenvalue weighted by Crippen LogP contribution is 2.34. The maximum Gasteiger partial charge on any atom is 0.203 e. The van der Waals surface area contributed by atoms with Gasteiger partial charge in [-0.05, 0) is 47.2 Å². The average Bonchev–Trinajstić information content (AvgIpc) is 3.11. The van der Waals surface area contributed by atoms with Crippen LogP contribution >= 0.6 is 11.3 Å². The van der Waals surface area contributed by atoms with Gasteiger partial charge in [-0.1, -0.05) is 6.07 Å². The molecule has 4 aromatic rings. The summed E-state index contributed by atoms with van der Waals surface area (Å²) in [5.74, 6) is 0.976. The molecule has 3 nitrogen and oxygen atoms in total. The summed E-state index contributed by atoms with van der Waals surface area (Å²) >= 11 is 1.70. The molecule has 0 amide bonds. The molecule has 0 saturated carbocycles. The maximum absolute atomic E-state index is 10.5. The second kappa shape index (κ2) is 4.53. The van der Waals surface area contributed by atoms with E-state index in [2.05, 4.69) is 23.6 Å². The van der Waals surface area contributed by atoms with Crippen LogP contribution in [0.2, 0.25) is 0 Å². The van der Waals surface area contributed by atoms with Gasteiger partial charge < -0.3 is 9.84 Å². The SMILES string of the molecule is COc1ccc2cn(-c3ccc4ccsc4c3)c(O)c2c1. The number of methoxy groups -OCH3 is 1. The number of rotatable bonds is 2. The Morgan fingerprint density at radius 2 is 1.90 bits per heavy atom. The van der Waals surface area contributed by atoms with Crippen LogP contribution in [0.25, 0.3) is 26.5 Å². The van der Waals surface area contributed by atoms with Gasteiger partial charge in [0, 0.05) is 27.4 Å². The molecule has 21 heavy (non-hydrogen) atoms. The topological polar surface area (TPSA) is 34.4 Å². The quantitative estimate of drug-likeness (QED) is 0.588. The monoisotopic (exact) mass is 295 g/mol. The van der Waals surface area contributed by atoms with Crippen molar-refractivity contribution >= 4 is 32.2 Å². The number of benzene rings is 2. The molecule has 0 aliphatic heterocycles. The van der Waals surface area contributed by atoms with Crippen LogP contribution in [0, 0.1) is 0 Å². The second-order valence-corrected chi connectivity index (χ2v) is 5.87. The molecule has 0 unspecified atom stereocenters. The van der Waals surface area contributed by atoms with Gasteiger partial charge in [-0.25, -0.2) is 0 Å². The van der Waals surface area contributed by atoms with E-state index in [1.807, 2.05) is 35.0 Å². The molecular formula is C17H13NO2S. The Balaban J connectivity index is 1.94. The number of fused-ring (bicyclic) bond motifs is 2. The smallest absolute Gasteiger partial charge is 0.203 e. The van der Waals surface area contributed by atoms with Crippen LogP contribution < -0.4 is 4.74 Å². The van der Waals surface area contributed by atoms with Crippen LogP contribution in [0.3, 0.4) is 0 Å². The van der Waals surface area contributed by atoms with E-state index in [4.69, 9.17) is 4.74 Å². The van der Waals surface area contributed by atoms with Crippen molar-refractivity contribution < 1.29 is 9.84 Å². The van der Waals surface area contributed by atoms with Gasteiger partial charge in [0.1, 0.15) is 5.75 Å². The molecule has 0 atom stereocenters. The number of aromatic hydroxyl groups is 1. The largest absolute Gasteiger partial charge is 0.497 e. The summed E-state index contributed by atoms with van der Waals surface area (Å²) in [5.41, 5.74) is 0.956. The molecule has 2 aromatic carbocycles. The zero-order valence-electron chi connectivity index (χ0n) is 11.4. The molecule has 4 heteroatoms. The van der Waals surface area contributed by atoms with Gasteiger partial charge in [-0.3, -0.25) is 4.57 Å². The lowest BCUT2D eigenvalue weighted by molar-refractivity contribution is 0.414. The zero-order chi connectivity index (χ0) is 14.4. The van der Waals surface area contributed by atoms with Gasteiger partial charge in [-0.2, -0.15) is 0 Å². The van der Waals surface area contributed by atoms with Gasteiger partial charge in [0.05, 0.1) is 7.11 Å². The van der Waals surface area contributed by atoms with Crippen molar-refractivity contribution in [2.24, 2.45) is 0 Å². The van der Waals surface area contributed by atoms with Crippen molar-refractivity contribution in [1.29, 1.82) is 0 Å². The third-order valence-electron chi connectivity index (χ3n) is 3.72. The standard InChI is InChI=1S/C17H13NO2S/c1-20-14-5-3-12-10-18(17(19)15(12)9-14)13-4-2-11-6-7-21-16(11)8-13/h2-10,19H,1H3. The Morgan fingerprint density at radius 1 is 1.05 bits per heavy atom. The van der Waals surface area contributed by atoms with E-state index in [0.717, 1.165) is 22.2 Å². The average molecular weight is 295 g/mol. The first-order valence-corrected chi connectivity index (χ1v) is 7.50. The molecule has 2 heterocycles. The summed E-state index contributed by atoms with van der Waals surface area (Å²) in [6, 6.07) is 14.0. The lowest BCUT2D eigenvalue weighted by Crippen LogP contribution is -1.89. The predicted octanol–water partition coefficient (Wildman–Crippen LogP) is 4.56. The summed E-state index contributed by atoms with van der Waals surface area (Å²) in [4.78, 5) is 0. The molecule has 0 bridgehead atoms. The molecule has 1 N–H and O–H groups in total. The Bertz CT molecular complexity index is 952. The fourth-order valence-electron chi connectivity index (χ4n) is 2.59. The maximum atomic E-state index is 10.5. The van der Waals surface area contributed by atoms with E-state index in [1.165, 1.54) is 10.1 Å². The van der Waals surface area contributed by atoms with Crippen molar-refractivity contribution in [2.45, 2.75) is 0 Å². The van der Waals surface area contributed by atoms with Crippen LogP contribution in [-0.2, 0) is 0 Å². The summed E-state index contributed by atoms with van der Waals surface area (Å²) < 4.78 is 8.24. The fraction of sp³-hybridized carbons (Fsp3) is 0.0588. The highest BCUT2D eigenvalue weighted by molar-refractivity contribution is 7.17. The first kappa shape index (κ1) is 12.3. The Kier molecular flexibility index (Phi) is 2.65. The van der Waals surface area contributed by atoms with Gasteiger partial charge >= 0.3 is 0 Å². The van der Waals surface area contributed by atoms with Crippen molar-refractivity contribution in [2.75, 3.05) is 7.11 Å². The minimum absolute atomic E-state index is 0.236. The lowest BCUT2D eigenvalue weighted by Gasteiger charge is -2.05. The molecule has 4 rings (SSSR count). The van der Waals surface area contributed by atoms with E-state index in [0.29, 0.717) is 0 Å². The highest BCUT2D eigenvalue weighted by Gasteiger charge is 2.11. The second-order valence-electron chi connectivity index (χ2n) is 4.92. The number of aromatic nitrogens is 1. The number of hydrogen-bond acceptors (Lipinski definition) is 3. The van der Waals surface area contributed by atoms with Gasteiger partial charge in [0.2, 0.25) is 5.88 Å². The van der Waals surface area contributed by atoms with E-state index in [9.17, 15) is 5.11 Å². The molecule has 2 aromatic heterocycles. The van der Waals surface area contributed by atoms with Gasteiger partial charge in [-0.15, -0.1) is 11.3 Å². The molecule has 0 saturated heterocycles. The van der Waals surface area contributed by atoms with Crippen LogP contribution in [0.15, 0.2) is 54.0 Å². The first-order valence-electron chi connectivity index (χ1n) is 6.62. The van der Waals surface area contributed by atoms with Crippen LogP contribution in [-0.4, -0.2) is 16.8 Å². The molecular weight excluding hydrogens is 282 g/mol. The number of ether oxygens (including phenoxy) is 1. The number of nitrogens with zero attached hydrogens (tertiary/aromatic N) is 1. The third kappa shape index (κ3) is 1.87. The highest BCUT2D eigenvalue weighted by atomic mass is 32.1. The molecule has 0 aliphatic carbocycles. The fourth-order valence-corrected chi connectivity index (χ4v) is 3.41. The van der Waals surface area contributed by atoms with Crippen molar-refractivity contribution in [3.8, 4) is 17.3 Å². The van der Waals surface area contributed by atoms with Crippen LogP contribution in [0.1, 0.15) is 0 Å². The minimum Gasteiger partial charge on any atom is -0.497 e. The van der Waals surface area contributed by atoms with E-state index >= 15 is 0 Å². The van der Waals surface area contributed by atoms with E-state index in [1.54, 1.807) is 18.4 Å². The van der Waals surface area contributed by atoms with Crippen molar-refractivity contribution in [1.82, 2.24) is 4.57 Å². The van der Waals surface area contributed by atoms with Crippen molar-refractivity contribution in [3.05, 3.63) is 54.0 Å².